The minimum absolute atomic E-state index is 0.166. The predicted octanol–water partition coefficient (Wildman–Crippen LogP) is 2.79. The second-order valence-corrected chi connectivity index (χ2v) is 5.94. The SMILES string of the molecule is C#CCN1C(=O)C(C#N)C(CC)(CC)N(C)C1c1ccccc1. The molecule has 1 saturated heterocycles. The molecule has 120 valence electrons. The normalized spacial score (nSPS) is 24.0. The molecule has 2 rings (SSSR count). The van der Waals surface area contributed by atoms with E-state index < -0.39 is 11.5 Å². The highest BCUT2D eigenvalue weighted by atomic mass is 16.2. The first kappa shape index (κ1) is 17.1. The number of terminal acetylenes is 1. The Morgan fingerprint density at radius 1 is 1.26 bits per heavy atom. The van der Waals surface area contributed by atoms with Gasteiger partial charge < -0.3 is 4.90 Å². The molecular weight excluding hydrogens is 286 g/mol. The van der Waals surface area contributed by atoms with Crippen LogP contribution in [0.3, 0.4) is 0 Å². The van der Waals surface area contributed by atoms with Crippen molar-refractivity contribution in [1.29, 1.82) is 5.26 Å². The number of carbonyl (C=O) groups is 1. The van der Waals surface area contributed by atoms with Crippen LogP contribution in [0.4, 0.5) is 0 Å². The van der Waals surface area contributed by atoms with E-state index in [0.29, 0.717) is 0 Å². The number of rotatable bonds is 4. The fraction of sp³-hybridized carbons (Fsp3) is 0.474. The second-order valence-electron chi connectivity index (χ2n) is 5.94. The van der Waals surface area contributed by atoms with E-state index in [1.807, 2.05) is 51.2 Å². The van der Waals surface area contributed by atoms with Crippen LogP contribution in [0.5, 0.6) is 0 Å². The summed E-state index contributed by atoms with van der Waals surface area (Å²) in [6, 6.07) is 12.1. The number of nitrogens with zero attached hydrogens (tertiary/aromatic N) is 3. The van der Waals surface area contributed by atoms with Crippen molar-refractivity contribution in [3.8, 4) is 18.4 Å². The minimum Gasteiger partial charge on any atom is -0.310 e. The molecule has 4 nitrogen and oxygen atoms in total. The van der Waals surface area contributed by atoms with Crippen molar-refractivity contribution in [1.82, 2.24) is 9.80 Å². The van der Waals surface area contributed by atoms with E-state index >= 15 is 0 Å². The summed E-state index contributed by atoms with van der Waals surface area (Å²) in [5.74, 6) is 1.70. The Kier molecular flexibility index (Phi) is 5.08. The van der Waals surface area contributed by atoms with Crippen LogP contribution in [-0.2, 0) is 4.79 Å². The van der Waals surface area contributed by atoms with Crippen molar-refractivity contribution in [2.45, 2.75) is 38.4 Å². The summed E-state index contributed by atoms with van der Waals surface area (Å²) in [4.78, 5) is 16.8. The number of hydrogen-bond acceptors (Lipinski definition) is 3. The Labute approximate surface area is 138 Å². The molecule has 0 spiro atoms. The molecule has 0 aromatic heterocycles. The summed E-state index contributed by atoms with van der Waals surface area (Å²) < 4.78 is 0. The first-order valence-electron chi connectivity index (χ1n) is 7.98. The Morgan fingerprint density at radius 3 is 2.35 bits per heavy atom. The molecule has 1 amide bonds. The van der Waals surface area contributed by atoms with Crippen molar-refractivity contribution in [3.63, 3.8) is 0 Å². The molecule has 4 heteroatoms. The summed E-state index contributed by atoms with van der Waals surface area (Å²) in [6.45, 7) is 4.28. The molecule has 1 aliphatic heterocycles. The molecule has 0 aliphatic carbocycles. The van der Waals surface area contributed by atoms with Gasteiger partial charge in [0.25, 0.3) is 0 Å². The monoisotopic (exact) mass is 309 g/mol. The molecule has 0 radical (unpaired) electrons. The van der Waals surface area contributed by atoms with Crippen molar-refractivity contribution in [2.24, 2.45) is 5.92 Å². The van der Waals surface area contributed by atoms with Gasteiger partial charge in [0.2, 0.25) is 5.91 Å². The molecule has 0 saturated carbocycles. The number of hydrogen-bond donors (Lipinski definition) is 0. The zero-order valence-electron chi connectivity index (χ0n) is 14.0. The van der Waals surface area contributed by atoms with Crippen molar-refractivity contribution >= 4 is 5.91 Å². The maximum Gasteiger partial charge on any atom is 0.244 e. The van der Waals surface area contributed by atoms with Crippen molar-refractivity contribution in [3.05, 3.63) is 35.9 Å². The van der Waals surface area contributed by atoms with E-state index in [1.54, 1.807) is 4.90 Å². The van der Waals surface area contributed by atoms with Gasteiger partial charge in [-0.25, -0.2) is 0 Å². The van der Waals surface area contributed by atoms with Crippen LogP contribution in [-0.4, -0.2) is 34.8 Å². The van der Waals surface area contributed by atoms with Gasteiger partial charge in [-0.1, -0.05) is 50.1 Å². The lowest BCUT2D eigenvalue weighted by Gasteiger charge is -2.55. The first-order valence-corrected chi connectivity index (χ1v) is 7.98. The average molecular weight is 309 g/mol. The molecule has 2 unspecified atom stereocenters. The maximum absolute atomic E-state index is 13.0. The van der Waals surface area contributed by atoms with Crippen LogP contribution in [0.1, 0.15) is 38.4 Å². The van der Waals surface area contributed by atoms with Crippen LogP contribution in [0.15, 0.2) is 30.3 Å². The standard InChI is InChI=1S/C19H23N3O/c1-5-13-22-17(15-11-9-8-10-12-15)21(4)19(6-2,7-3)16(14-20)18(22)23/h1,8-12,16-17H,6-7,13H2,2-4H3. The first-order chi connectivity index (χ1) is 11.1. The Bertz CT molecular complexity index is 637. The highest BCUT2D eigenvalue weighted by Gasteiger charge is 2.54. The van der Waals surface area contributed by atoms with Crippen LogP contribution in [0.25, 0.3) is 0 Å². The van der Waals surface area contributed by atoms with E-state index in [0.717, 1.165) is 18.4 Å². The number of benzene rings is 1. The average Bonchev–Trinajstić information content (AvgIpc) is 2.59. The summed E-state index contributed by atoms with van der Waals surface area (Å²) in [5.41, 5.74) is 0.540. The van der Waals surface area contributed by atoms with E-state index in [1.165, 1.54) is 0 Å². The maximum atomic E-state index is 13.0. The van der Waals surface area contributed by atoms with Gasteiger partial charge in [-0.15, -0.1) is 6.42 Å². The third kappa shape index (κ3) is 2.60. The van der Waals surface area contributed by atoms with Crippen LogP contribution >= 0.6 is 0 Å². The lowest BCUT2D eigenvalue weighted by Crippen LogP contribution is -2.65. The fourth-order valence-corrected chi connectivity index (χ4v) is 3.80. The fourth-order valence-electron chi connectivity index (χ4n) is 3.80. The third-order valence-electron chi connectivity index (χ3n) is 5.14. The Morgan fingerprint density at radius 2 is 1.87 bits per heavy atom. The molecule has 23 heavy (non-hydrogen) atoms. The zero-order valence-corrected chi connectivity index (χ0v) is 14.0. The van der Waals surface area contributed by atoms with E-state index in [4.69, 9.17) is 6.42 Å². The minimum atomic E-state index is -0.698. The molecule has 1 heterocycles. The number of carbonyl (C=O) groups excluding carboxylic acids is 1. The molecule has 1 fully saturated rings. The Balaban J connectivity index is 2.60. The quantitative estimate of drug-likeness (QED) is 0.804. The summed E-state index contributed by atoms with van der Waals surface area (Å²) in [7, 11) is 1.99. The number of amides is 1. The molecule has 0 bridgehead atoms. The van der Waals surface area contributed by atoms with Crippen LogP contribution in [0.2, 0.25) is 0 Å². The summed E-state index contributed by atoms with van der Waals surface area (Å²) in [5, 5.41) is 9.64. The zero-order chi connectivity index (χ0) is 17.0. The smallest absolute Gasteiger partial charge is 0.244 e. The molecule has 2 atom stereocenters. The molecular formula is C19H23N3O. The second kappa shape index (κ2) is 6.86. The Hall–Kier alpha value is -2.30. The molecule has 0 N–H and O–H groups in total. The van der Waals surface area contributed by atoms with Gasteiger partial charge >= 0.3 is 0 Å². The third-order valence-corrected chi connectivity index (χ3v) is 5.14. The van der Waals surface area contributed by atoms with Gasteiger partial charge in [0.15, 0.2) is 0 Å². The molecule has 1 aromatic carbocycles. The summed E-state index contributed by atoms with van der Waals surface area (Å²) >= 11 is 0. The van der Waals surface area contributed by atoms with Crippen molar-refractivity contribution < 1.29 is 4.79 Å². The van der Waals surface area contributed by atoms with Crippen LogP contribution < -0.4 is 0 Å². The predicted molar refractivity (Wildman–Crippen MR) is 89.9 cm³/mol. The van der Waals surface area contributed by atoms with Gasteiger partial charge in [0.1, 0.15) is 12.1 Å². The van der Waals surface area contributed by atoms with Crippen LogP contribution in [0, 0.1) is 29.6 Å². The van der Waals surface area contributed by atoms with Crippen molar-refractivity contribution in [2.75, 3.05) is 13.6 Å². The van der Waals surface area contributed by atoms with Gasteiger partial charge in [0, 0.05) is 5.54 Å². The van der Waals surface area contributed by atoms with Gasteiger partial charge in [-0.05, 0) is 25.5 Å². The van der Waals surface area contributed by atoms with Gasteiger partial charge in [0.05, 0.1) is 12.6 Å². The largest absolute Gasteiger partial charge is 0.310 e. The van der Waals surface area contributed by atoms with E-state index in [-0.39, 0.29) is 18.6 Å². The number of nitriles is 1. The highest BCUT2D eigenvalue weighted by Crippen LogP contribution is 2.44. The van der Waals surface area contributed by atoms with E-state index in [9.17, 15) is 10.1 Å². The van der Waals surface area contributed by atoms with Gasteiger partial charge in [-0.3, -0.25) is 9.69 Å². The van der Waals surface area contributed by atoms with E-state index in [2.05, 4.69) is 16.9 Å². The lowest BCUT2D eigenvalue weighted by molar-refractivity contribution is -0.163. The summed E-state index contributed by atoms with van der Waals surface area (Å²) in [6.07, 6.45) is 6.70. The highest BCUT2D eigenvalue weighted by molar-refractivity contribution is 5.84. The molecule has 1 aromatic rings. The topological polar surface area (TPSA) is 47.3 Å². The van der Waals surface area contributed by atoms with Gasteiger partial charge in [-0.2, -0.15) is 5.26 Å². The molecule has 1 aliphatic rings. The lowest BCUT2D eigenvalue weighted by atomic mass is 9.75.